The molecule has 0 amide bonds. The average Bonchev–Trinajstić information content (AvgIpc) is 2.17. The molecule has 0 saturated heterocycles. The van der Waals surface area contributed by atoms with Crippen molar-refractivity contribution in [1.29, 1.82) is 0 Å². The molecule has 17 heavy (non-hydrogen) atoms. The fraction of sp³-hybridized carbons (Fsp3) is 1.00. The number of hydrogen-bond acceptors (Lipinski definition) is 1. The molecule has 0 bridgehead atoms. The van der Waals surface area contributed by atoms with Gasteiger partial charge in [-0.25, -0.2) is 0 Å². The molecule has 1 heteroatoms. The fourth-order valence-electron chi connectivity index (χ4n) is 1.62. The van der Waals surface area contributed by atoms with Crippen molar-refractivity contribution in [2.45, 2.75) is 80.1 Å². The van der Waals surface area contributed by atoms with Crippen LogP contribution in [-0.4, -0.2) is 25.0 Å². The molecule has 0 fully saturated rings. The maximum Gasteiger partial charge on any atom is -0.00216 e. The van der Waals surface area contributed by atoms with Crippen LogP contribution in [0, 0.1) is 5.41 Å². The molecule has 0 N–H and O–H groups in total. The highest BCUT2D eigenvalue weighted by Gasteiger charge is 2.09. The van der Waals surface area contributed by atoms with Crippen molar-refractivity contribution in [1.82, 2.24) is 4.90 Å². The predicted molar refractivity (Wildman–Crippen MR) is 81.7 cm³/mol. The van der Waals surface area contributed by atoms with Gasteiger partial charge in [0.05, 0.1) is 0 Å². The van der Waals surface area contributed by atoms with Gasteiger partial charge in [0.2, 0.25) is 0 Å². The van der Waals surface area contributed by atoms with Crippen LogP contribution in [0.1, 0.15) is 80.1 Å². The van der Waals surface area contributed by atoms with Crippen molar-refractivity contribution in [3.05, 3.63) is 0 Å². The maximum absolute atomic E-state index is 2.47. The highest BCUT2D eigenvalue weighted by Crippen LogP contribution is 2.20. The van der Waals surface area contributed by atoms with E-state index in [1.807, 2.05) is 0 Å². The Hall–Kier alpha value is -0.0400. The number of nitrogens with zero attached hydrogens (tertiary/aromatic N) is 1. The van der Waals surface area contributed by atoms with Gasteiger partial charge in [0.25, 0.3) is 0 Å². The molecule has 0 aliphatic rings. The Bertz CT molecular complexity index is 135. The molecule has 0 unspecified atom stereocenters. The number of rotatable bonds is 7. The quantitative estimate of drug-likeness (QED) is 0.545. The van der Waals surface area contributed by atoms with Crippen molar-refractivity contribution in [3.63, 3.8) is 0 Å². The molecule has 0 aliphatic heterocycles. The standard InChI is InChI=1S/C13H29N.C3H8/c1-6-7-8-11-14(5)12-9-10-13(2,3)4;1-3-2/h6-12H2,1-5H3;3H2,1-2H3. The maximum atomic E-state index is 2.47. The number of hydrogen-bond donors (Lipinski definition) is 0. The van der Waals surface area contributed by atoms with Gasteiger partial charge in [-0.05, 0) is 44.8 Å². The summed E-state index contributed by atoms with van der Waals surface area (Å²) in [5.41, 5.74) is 0.504. The Labute approximate surface area is 111 Å². The van der Waals surface area contributed by atoms with Crippen LogP contribution in [-0.2, 0) is 0 Å². The molecule has 0 aromatic rings. The van der Waals surface area contributed by atoms with Crippen LogP contribution in [0.2, 0.25) is 0 Å². The van der Waals surface area contributed by atoms with Crippen LogP contribution in [0.5, 0.6) is 0 Å². The lowest BCUT2D eigenvalue weighted by Gasteiger charge is -2.21. The predicted octanol–water partition coefficient (Wildman–Crippen LogP) is 5.35. The third-order valence-electron chi connectivity index (χ3n) is 2.61. The van der Waals surface area contributed by atoms with E-state index < -0.39 is 0 Å². The lowest BCUT2D eigenvalue weighted by atomic mass is 9.90. The summed E-state index contributed by atoms with van der Waals surface area (Å²) in [4.78, 5) is 2.47. The molecule has 0 radical (unpaired) electrons. The van der Waals surface area contributed by atoms with Gasteiger partial charge in [0, 0.05) is 0 Å². The van der Waals surface area contributed by atoms with Crippen LogP contribution in [0.25, 0.3) is 0 Å². The van der Waals surface area contributed by atoms with E-state index in [0.29, 0.717) is 5.41 Å². The first-order chi connectivity index (χ1) is 7.87. The van der Waals surface area contributed by atoms with Gasteiger partial charge in [-0.3, -0.25) is 0 Å². The van der Waals surface area contributed by atoms with E-state index in [1.165, 1.54) is 51.6 Å². The van der Waals surface area contributed by atoms with Crippen LogP contribution >= 0.6 is 0 Å². The van der Waals surface area contributed by atoms with Crippen LogP contribution in [0.15, 0.2) is 0 Å². The second kappa shape index (κ2) is 12.4. The van der Waals surface area contributed by atoms with E-state index in [4.69, 9.17) is 0 Å². The van der Waals surface area contributed by atoms with Crippen molar-refractivity contribution in [2.75, 3.05) is 20.1 Å². The van der Waals surface area contributed by atoms with Gasteiger partial charge >= 0.3 is 0 Å². The lowest BCUT2D eigenvalue weighted by molar-refractivity contribution is 0.283. The van der Waals surface area contributed by atoms with E-state index in [0.717, 1.165) is 0 Å². The van der Waals surface area contributed by atoms with E-state index in [1.54, 1.807) is 0 Å². The van der Waals surface area contributed by atoms with Crippen molar-refractivity contribution in [3.8, 4) is 0 Å². The molecular weight excluding hydrogens is 206 g/mol. The van der Waals surface area contributed by atoms with Gasteiger partial charge in [-0.1, -0.05) is 60.8 Å². The van der Waals surface area contributed by atoms with Crippen molar-refractivity contribution < 1.29 is 0 Å². The van der Waals surface area contributed by atoms with Gasteiger partial charge in [0.1, 0.15) is 0 Å². The first-order valence-electron chi connectivity index (χ1n) is 7.55. The molecule has 0 aromatic heterocycles. The van der Waals surface area contributed by atoms with E-state index in [9.17, 15) is 0 Å². The summed E-state index contributed by atoms with van der Waals surface area (Å²) in [6, 6.07) is 0. The highest BCUT2D eigenvalue weighted by atomic mass is 15.1. The summed E-state index contributed by atoms with van der Waals surface area (Å²) in [6.45, 7) is 16.0. The first-order valence-corrected chi connectivity index (χ1v) is 7.55. The topological polar surface area (TPSA) is 3.24 Å². The van der Waals surface area contributed by atoms with Crippen LogP contribution in [0.3, 0.4) is 0 Å². The first kappa shape index (κ1) is 19.3. The van der Waals surface area contributed by atoms with Gasteiger partial charge < -0.3 is 4.90 Å². The van der Waals surface area contributed by atoms with Gasteiger partial charge in [-0.15, -0.1) is 0 Å². The second-order valence-corrected chi connectivity index (χ2v) is 6.38. The molecular formula is C16H37N. The molecule has 0 atom stereocenters. The minimum atomic E-state index is 0.504. The molecule has 1 nitrogen and oxygen atoms in total. The third kappa shape index (κ3) is 21.7. The zero-order chi connectivity index (χ0) is 13.7. The van der Waals surface area contributed by atoms with Crippen LogP contribution in [0.4, 0.5) is 0 Å². The average molecular weight is 243 g/mol. The Kier molecular flexibility index (Phi) is 14.1. The SMILES string of the molecule is CCC.CCCCCN(C)CCCC(C)(C)C. The minimum Gasteiger partial charge on any atom is -0.306 e. The van der Waals surface area contributed by atoms with E-state index in [-0.39, 0.29) is 0 Å². The summed E-state index contributed by atoms with van der Waals surface area (Å²) in [5, 5.41) is 0. The molecule has 0 spiro atoms. The number of unbranched alkanes of at least 4 members (excludes halogenated alkanes) is 2. The van der Waals surface area contributed by atoms with Crippen molar-refractivity contribution in [2.24, 2.45) is 5.41 Å². The largest absolute Gasteiger partial charge is 0.306 e. The molecule has 0 aliphatic carbocycles. The Morgan fingerprint density at radius 3 is 1.71 bits per heavy atom. The monoisotopic (exact) mass is 243 g/mol. The molecule has 0 rings (SSSR count). The second-order valence-electron chi connectivity index (χ2n) is 6.38. The summed E-state index contributed by atoms with van der Waals surface area (Å²) in [7, 11) is 2.25. The summed E-state index contributed by atoms with van der Waals surface area (Å²) in [5.74, 6) is 0. The highest BCUT2D eigenvalue weighted by molar-refractivity contribution is 4.62. The Morgan fingerprint density at radius 1 is 0.824 bits per heavy atom. The zero-order valence-electron chi connectivity index (χ0n) is 13.6. The Balaban J connectivity index is 0. The van der Waals surface area contributed by atoms with Crippen LogP contribution < -0.4 is 0 Å². The lowest BCUT2D eigenvalue weighted by Crippen LogP contribution is -2.22. The zero-order valence-corrected chi connectivity index (χ0v) is 13.6. The van der Waals surface area contributed by atoms with Gasteiger partial charge in [-0.2, -0.15) is 0 Å². The minimum absolute atomic E-state index is 0.504. The van der Waals surface area contributed by atoms with Gasteiger partial charge in [0.15, 0.2) is 0 Å². The summed E-state index contributed by atoms with van der Waals surface area (Å²) >= 11 is 0. The fourth-order valence-corrected chi connectivity index (χ4v) is 1.62. The van der Waals surface area contributed by atoms with E-state index >= 15 is 0 Å². The summed E-state index contributed by atoms with van der Waals surface area (Å²) < 4.78 is 0. The van der Waals surface area contributed by atoms with E-state index in [2.05, 4.69) is 53.5 Å². The normalized spacial score (nSPS) is 11.3. The molecule has 0 heterocycles. The Morgan fingerprint density at radius 2 is 1.29 bits per heavy atom. The smallest absolute Gasteiger partial charge is 0.00216 e. The molecule has 106 valence electrons. The molecule has 0 saturated carbocycles. The third-order valence-corrected chi connectivity index (χ3v) is 2.61. The van der Waals surface area contributed by atoms with Crippen molar-refractivity contribution >= 4 is 0 Å². The molecule has 0 aromatic carbocycles. The summed E-state index contributed by atoms with van der Waals surface area (Å²) in [6.07, 6.45) is 8.00.